The minimum Gasteiger partial charge on any atom is -0.496 e. The fourth-order valence-corrected chi connectivity index (χ4v) is 2.52. The van der Waals surface area contributed by atoms with Crippen LogP contribution in [0.4, 0.5) is 0 Å². The maximum atomic E-state index is 5.43. The van der Waals surface area contributed by atoms with Gasteiger partial charge in [0.05, 0.1) is 7.11 Å². The average Bonchev–Trinajstić information content (AvgIpc) is 2.47. The average molecular weight is 269 g/mol. The van der Waals surface area contributed by atoms with E-state index in [1.807, 2.05) is 18.2 Å². The summed E-state index contributed by atoms with van der Waals surface area (Å²) in [5, 5.41) is 3.63. The summed E-state index contributed by atoms with van der Waals surface area (Å²) in [4.78, 5) is 0. The zero-order chi connectivity index (χ0) is 14.5. The number of aryl methyl sites for hydroxylation is 1. The van der Waals surface area contributed by atoms with Crippen LogP contribution in [0.1, 0.15) is 42.6 Å². The third-order valence-corrected chi connectivity index (χ3v) is 3.65. The third kappa shape index (κ3) is 3.40. The lowest BCUT2D eigenvalue weighted by atomic mass is 10.0. The molecule has 1 N–H and O–H groups in total. The van der Waals surface area contributed by atoms with Crippen LogP contribution in [0.25, 0.3) is 0 Å². The maximum absolute atomic E-state index is 5.43. The highest BCUT2D eigenvalue weighted by Gasteiger charge is 2.14. The van der Waals surface area contributed by atoms with Crippen molar-refractivity contribution in [3.8, 4) is 5.75 Å². The predicted molar refractivity (Wildman–Crippen MR) is 84.1 cm³/mol. The summed E-state index contributed by atoms with van der Waals surface area (Å²) in [7, 11) is 1.72. The molecule has 2 nitrogen and oxygen atoms in total. The van der Waals surface area contributed by atoms with Gasteiger partial charge >= 0.3 is 0 Å². The van der Waals surface area contributed by atoms with Crippen molar-refractivity contribution in [2.75, 3.05) is 7.11 Å². The molecule has 2 aromatic rings. The minimum atomic E-state index is 0.238. The fraction of sp³-hybridized carbons (Fsp3) is 0.333. The standard InChI is InChI=1S/C18H23NO/c1-13-8-7-9-16(12-13)14(2)19-15(3)17-10-5-6-11-18(17)20-4/h5-12,14-15,19H,1-4H3/t14-,15?/m1/s1. The van der Waals surface area contributed by atoms with E-state index >= 15 is 0 Å². The molecule has 0 aliphatic heterocycles. The van der Waals surface area contributed by atoms with Gasteiger partial charge < -0.3 is 10.1 Å². The van der Waals surface area contributed by atoms with Gasteiger partial charge in [-0.2, -0.15) is 0 Å². The van der Waals surface area contributed by atoms with Crippen LogP contribution in [0, 0.1) is 6.92 Å². The van der Waals surface area contributed by atoms with Gasteiger partial charge in [-0.25, -0.2) is 0 Å². The number of benzene rings is 2. The summed E-state index contributed by atoms with van der Waals surface area (Å²) < 4.78 is 5.43. The topological polar surface area (TPSA) is 21.3 Å². The van der Waals surface area contributed by atoms with Crippen molar-refractivity contribution in [1.29, 1.82) is 0 Å². The number of ether oxygens (including phenoxy) is 1. The SMILES string of the molecule is COc1ccccc1C(C)N[C@H](C)c1cccc(C)c1. The van der Waals surface area contributed by atoms with Crippen LogP contribution in [-0.4, -0.2) is 7.11 Å². The van der Waals surface area contributed by atoms with Crippen molar-refractivity contribution in [3.63, 3.8) is 0 Å². The molecule has 0 spiro atoms. The monoisotopic (exact) mass is 269 g/mol. The van der Waals surface area contributed by atoms with Gasteiger partial charge in [0.15, 0.2) is 0 Å². The van der Waals surface area contributed by atoms with E-state index in [0.717, 1.165) is 5.75 Å². The third-order valence-electron chi connectivity index (χ3n) is 3.65. The molecule has 0 fully saturated rings. The molecule has 0 heterocycles. The first-order chi connectivity index (χ1) is 9.61. The van der Waals surface area contributed by atoms with Crippen LogP contribution in [-0.2, 0) is 0 Å². The Labute approximate surface area is 121 Å². The Balaban J connectivity index is 2.13. The van der Waals surface area contributed by atoms with Crippen LogP contribution in [0.15, 0.2) is 48.5 Å². The Morgan fingerprint density at radius 3 is 2.40 bits per heavy atom. The van der Waals surface area contributed by atoms with Gasteiger partial charge in [-0.05, 0) is 32.4 Å². The van der Waals surface area contributed by atoms with E-state index in [1.165, 1.54) is 16.7 Å². The first-order valence-corrected chi connectivity index (χ1v) is 7.07. The highest BCUT2D eigenvalue weighted by molar-refractivity contribution is 5.36. The molecule has 0 saturated heterocycles. The van der Waals surface area contributed by atoms with Crippen molar-refractivity contribution in [2.24, 2.45) is 0 Å². The first-order valence-electron chi connectivity index (χ1n) is 7.07. The summed E-state index contributed by atoms with van der Waals surface area (Å²) in [6.45, 7) is 6.49. The van der Waals surface area contributed by atoms with Crippen molar-refractivity contribution < 1.29 is 4.74 Å². The van der Waals surface area contributed by atoms with Crippen molar-refractivity contribution >= 4 is 0 Å². The van der Waals surface area contributed by atoms with Crippen molar-refractivity contribution in [1.82, 2.24) is 5.32 Å². The Bertz CT molecular complexity index is 565. The molecule has 20 heavy (non-hydrogen) atoms. The van der Waals surface area contributed by atoms with Gasteiger partial charge in [0, 0.05) is 17.6 Å². The molecule has 2 rings (SSSR count). The molecule has 1 unspecified atom stereocenters. The summed E-state index contributed by atoms with van der Waals surface area (Å²) in [6, 6.07) is 17.3. The number of hydrogen-bond acceptors (Lipinski definition) is 2. The Kier molecular flexibility index (Phi) is 4.80. The molecule has 2 atom stereocenters. The van der Waals surface area contributed by atoms with E-state index in [1.54, 1.807) is 7.11 Å². The zero-order valence-electron chi connectivity index (χ0n) is 12.7. The molecule has 0 amide bonds. The highest BCUT2D eigenvalue weighted by atomic mass is 16.5. The number of para-hydroxylation sites is 1. The lowest BCUT2D eigenvalue weighted by Crippen LogP contribution is -2.22. The quantitative estimate of drug-likeness (QED) is 0.867. The van der Waals surface area contributed by atoms with Gasteiger partial charge in [0.2, 0.25) is 0 Å². The summed E-state index contributed by atoms with van der Waals surface area (Å²) in [6.07, 6.45) is 0. The zero-order valence-corrected chi connectivity index (χ0v) is 12.7. The number of hydrogen-bond donors (Lipinski definition) is 1. The normalized spacial score (nSPS) is 13.8. The Morgan fingerprint density at radius 2 is 1.70 bits per heavy atom. The molecule has 0 aliphatic rings. The van der Waals surface area contributed by atoms with Crippen LogP contribution in [0.3, 0.4) is 0 Å². The van der Waals surface area contributed by atoms with Gasteiger partial charge in [-0.1, -0.05) is 48.0 Å². The second-order valence-corrected chi connectivity index (χ2v) is 5.27. The molecular formula is C18H23NO. The molecular weight excluding hydrogens is 246 g/mol. The highest BCUT2D eigenvalue weighted by Crippen LogP contribution is 2.26. The summed E-state index contributed by atoms with van der Waals surface area (Å²) in [5.41, 5.74) is 3.79. The molecule has 0 radical (unpaired) electrons. The first kappa shape index (κ1) is 14.6. The number of methoxy groups -OCH3 is 1. The van der Waals surface area contributed by atoms with Crippen molar-refractivity contribution in [2.45, 2.75) is 32.9 Å². The molecule has 106 valence electrons. The summed E-state index contributed by atoms with van der Waals surface area (Å²) >= 11 is 0. The molecule has 0 bridgehead atoms. The fourth-order valence-electron chi connectivity index (χ4n) is 2.52. The van der Waals surface area contributed by atoms with Crippen LogP contribution < -0.4 is 10.1 Å². The van der Waals surface area contributed by atoms with Crippen molar-refractivity contribution in [3.05, 3.63) is 65.2 Å². The Hall–Kier alpha value is -1.80. The van der Waals surface area contributed by atoms with Gasteiger partial charge in [0.1, 0.15) is 5.75 Å². The molecule has 0 aliphatic carbocycles. The molecule has 0 aromatic heterocycles. The van der Waals surface area contributed by atoms with Gasteiger partial charge in [-0.15, -0.1) is 0 Å². The van der Waals surface area contributed by atoms with E-state index in [9.17, 15) is 0 Å². The number of nitrogens with one attached hydrogen (secondary N) is 1. The van der Waals surface area contributed by atoms with Crippen LogP contribution in [0.5, 0.6) is 5.75 Å². The molecule has 2 heteroatoms. The van der Waals surface area contributed by atoms with Gasteiger partial charge in [-0.3, -0.25) is 0 Å². The van der Waals surface area contributed by atoms with Crippen LogP contribution in [0.2, 0.25) is 0 Å². The maximum Gasteiger partial charge on any atom is 0.123 e. The van der Waals surface area contributed by atoms with E-state index in [0.29, 0.717) is 6.04 Å². The van der Waals surface area contributed by atoms with Crippen LogP contribution >= 0.6 is 0 Å². The second kappa shape index (κ2) is 6.58. The smallest absolute Gasteiger partial charge is 0.123 e. The minimum absolute atomic E-state index is 0.238. The lowest BCUT2D eigenvalue weighted by Gasteiger charge is -2.22. The van der Waals surface area contributed by atoms with E-state index in [4.69, 9.17) is 4.74 Å². The predicted octanol–water partition coefficient (Wildman–Crippen LogP) is 4.42. The summed E-state index contributed by atoms with van der Waals surface area (Å²) in [5.74, 6) is 0.934. The largest absolute Gasteiger partial charge is 0.496 e. The molecule has 2 aromatic carbocycles. The number of rotatable bonds is 5. The molecule has 0 saturated carbocycles. The van der Waals surface area contributed by atoms with E-state index < -0.39 is 0 Å². The van der Waals surface area contributed by atoms with E-state index in [2.05, 4.69) is 56.4 Å². The van der Waals surface area contributed by atoms with Gasteiger partial charge in [0.25, 0.3) is 0 Å². The second-order valence-electron chi connectivity index (χ2n) is 5.27. The van der Waals surface area contributed by atoms with E-state index in [-0.39, 0.29) is 6.04 Å². The Morgan fingerprint density at radius 1 is 0.950 bits per heavy atom. The lowest BCUT2D eigenvalue weighted by molar-refractivity contribution is 0.396.